The van der Waals surface area contributed by atoms with E-state index in [1.54, 1.807) is 0 Å². The highest BCUT2D eigenvalue weighted by Crippen LogP contribution is 2.38. The monoisotopic (exact) mass is 172 g/mol. The zero-order chi connectivity index (χ0) is 8.85. The van der Waals surface area contributed by atoms with Gasteiger partial charge in [-0.1, -0.05) is 26.8 Å². The highest BCUT2D eigenvalue weighted by Gasteiger charge is 2.09. The third-order valence-electron chi connectivity index (χ3n) is 2.05. The van der Waals surface area contributed by atoms with E-state index < -0.39 is 0 Å². The van der Waals surface area contributed by atoms with Gasteiger partial charge in [0.05, 0.1) is 0 Å². The molecule has 0 nitrogen and oxygen atoms in total. The second kappa shape index (κ2) is 5.77. The molecule has 0 heterocycles. The predicted octanol–water partition coefficient (Wildman–Crippen LogP) is 3.72. The quantitative estimate of drug-likeness (QED) is 0.438. The number of rotatable bonds is 5. The molecule has 1 heteroatoms. The van der Waals surface area contributed by atoms with Crippen LogP contribution in [0.1, 0.15) is 27.2 Å². The number of allylic oxidation sites excluding steroid dienone is 1. The standard InChI is InChI=1S/C10H21P/c1-6-7-10(4)8-11(5)9(2)3/h6,9-10H,1,7-8H2,2-5H3. The third kappa shape index (κ3) is 5.44. The molecule has 0 aliphatic rings. The van der Waals surface area contributed by atoms with Crippen molar-refractivity contribution in [1.82, 2.24) is 0 Å². The van der Waals surface area contributed by atoms with E-state index in [0.717, 1.165) is 11.6 Å². The van der Waals surface area contributed by atoms with E-state index in [2.05, 4.69) is 34.0 Å². The summed E-state index contributed by atoms with van der Waals surface area (Å²) in [5, 5.41) is 0. The maximum atomic E-state index is 3.76. The van der Waals surface area contributed by atoms with Crippen LogP contribution in [0.2, 0.25) is 0 Å². The first kappa shape index (κ1) is 11.2. The van der Waals surface area contributed by atoms with Crippen molar-refractivity contribution in [3.8, 4) is 0 Å². The van der Waals surface area contributed by atoms with E-state index in [0.29, 0.717) is 0 Å². The van der Waals surface area contributed by atoms with Crippen molar-refractivity contribution in [3.05, 3.63) is 12.7 Å². The zero-order valence-electron chi connectivity index (χ0n) is 8.30. The average Bonchev–Trinajstić information content (AvgIpc) is 1.87. The molecular weight excluding hydrogens is 151 g/mol. The third-order valence-corrected chi connectivity index (χ3v) is 5.01. The van der Waals surface area contributed by atoms with Crippen molar-refractivity contribution in [1.29, 1.82) is 0 Å². The molecule has 0 radical (unpaired) electrons. The van der Waals surface area contributed by atoms with Crippen molar-refractivity contribution in [2.24, 2.45) is 5.92 Å². The summed E-state index contributed by atoms with van der Waals surface area (Å²) in [5.41, 5.74) is 0.886. The minimum absolute atomic E-state index is 0.262. The summed E-state index contributed by atoms with van der Waals surface area (Å²) in [6.45, 7) is 13.1. The Morgan fingerprint density at radius 2 is 1.91 bits per heavy atom. The first-order valence-corrected chi connectivity index (χ1v) is 6.43. The molecular formula is C10H21P. The fraction of sp³-hybridized carbons (Fsp3) is 0.800. The van der Waals surface area contributed by atoms with Crippen molar-refractivity contribution in [3.63, 3.8) is 0 Å². The van der Waals surface area contributed by atoms with Gasteiger partial charge in [0.1, 0.15) is 0 Å². The normalized spacial score (nSPS) is 16.5. The minimum Gasteiger partial charge on any atom is -0.107 e. The van der Waals surface area contributed by atoms with Gasteiger partial charge in [-0.2, -0.15) is 0 Å². The average molecular weight is 172 g/mol. The molecule has 0 amide bonds. The summed E-state index contributed by atoms with van der Waals surface area (Å²) >= 11 is 0. The van der Waals surface area contributed by atoms with Gasteiger partial charge in [0, 0.05) is 0 Å². The number of hydrogen-bond acceptors (Lipinski definition) is 0. The molecule has 0 bridgehead atoms. The number of hydrogen-bond donors (Lipinski definition) is 0. The largest absolute Gasteiger partial charge is 0.107 e. The van der Waals surface area contributed by atoms with Crippen LogP contribution in [0.5, 0.6) is 0 Å². The lowest BCUT2D eigenvalue weighted by atomic mass is 10.1. The van der Waals surface area contributed by atoms with E-state index in [9.17, 15) is 0 Å². The summed E-state index contributed by atoms with van der Waals surface area (Å²) in [4.78, 5) is 0. The van der Waals surface area contributed by atoms with Gasteiger partial charge in [-0.15, -0.1) is 14.5 Å². The minimum atomic E-state index is 0.262. The van der Waals surface area contributed by atoms with Crippen LogP contribution in [0.25, 0.3) is 0 Å². The molecule has 0 aliphatic carbocycles. The Hall–Kier alpha value is 0.170. The zero-order valence-corrected chi connectivity index (χ0v) is 9.20. The Bertz CT molecular complexity index is 107. The van der Waals surface area contributed by atoms with Crippen molar-refractivity contribution >= 4 is 7.92 Å². The van der Waals surface area contributed by atoms with Gasteiger partial charge < -0.3 is 0 Å². The van der Waals surface area contributed by atoms with Crippen LogP contribution in [-0.4, -0.2) is 18.5 Å². The smallest absolute Gasteiger partial charge is 0.0268 e. The molecule has 66 valence electrons. The molecule has 0 aliphatic heterocycles. The van der Waals surface area contributed by atoms with Gasteiger partial charge in [-0.3, -0.25) is 0 Å². The molecule has 0 aromatic rings. The Balaban J connectivity index is 3.56. The predicted molar refractivity (Wildman–Crippen MR) is 56.8 cm³/mol. The van der Waals surface area contributed by atoms with Crippen molar-refractivity contribution < 1.29 is 0 Å². The van der Waals surface area contributed by atoms with Crippen LogP contribution in [0.4, 0.5) is 0 Å². The summed E-state index contributed by atoms with van der Waals surface area (Å²) in [6.07, 6.45) is 4.62. The van der Waals surface area contributed by atoms with E-state index in [1.165, 1.54) is 12.6 Å². The van der Waals surface area contributed by atoms with Crippen molar-refractivity contribution in [2.45, 2.75) is 32.9 Å². The van der Waals surface area contributed by atoms with Crippen LogP contribution in [0.15, 0.2) is 12.7 Å². The molecule has 0 spiro atoms. The van der Waals surface area contributed by atoms with Crippen LogP contribution < -0.4 is 0 Å². The lowest BCUT2D eigenvalue weighted by molar-refractivity contribution is 0.670. The van der Waals surface area contributed by atoms with Crippen LogP contribution in [-0.2, 0) is 0 Å². The molecule has 0 saturated carbocycles. The van der Waals surface area contributed by atoms with E-state index in [4.69, 9.17) is 0 Å². The molecule has 0 N–H and O–H groups in total. The SMILES string of the molecule is C=CCC(C)CP(C)C(C)C. The summed E-state index contributed by atoms with van der Waals surface area (Å²) < 4.78 is 0. The maximum Gasteiger partial charge on any atom is -0.0268 e. The molecule has 0 aromatic carbocycles. The second-order valence-corrected chi connectivity index (χ2v) is 6.57. The molecule has 0 rings (SSSR count). The highest BCUT2D eigenvalue weighted by atomic mass is 31.1. The molecule has 0 fully saturated rings. The lowest BCUT2D eigenvalue weighted by Crippen LogP contribution is -2.03. The van der Waals surface area contributed by atoms with Gasteiger partial charge in [0.2, 0.25) is 0 Å². The van der Waals surface area contributed by atoms with Gasteiger partial charge in [0.15, 0.2) is 0 Å². The van der Waals surface area contributed by atoms with E-state index >= 15 is 0 Å². The molecule has 0 saturated heterocycles. The Kier molecular flexibility index (Phi) is 5.86. The fourth-order valence-corrected chi connectivity index (χ4v) is 2.62. The Labute approximate surface area is 72.8 Å². The first-order chi connectivity index (χ1) is 5.07. The van der Waals surface area contributed by atoms with Crippen molar-refractivity contribution in [2.75, 3.05) is 12.8 Å². The molecule has 2 atom stereocenters. The van der Waals surface area contributed by atoms with Crippen LogP contribution >= 0.6 is 7.92 Å². The van der Waals surface area contributed by atoms with E-state index in [-0.39, 0.29) is 7.92 Å². The van der Waals surface area contributed by atoms with Crippen LogP contribution in [0, 0.1) is 5.92 Å². The second-order valence-electron chi connectivity index (χ2n) is 3.66. The Morgan fingerprint density at radius 3 is 2.27 bits per heavy atom. The van der Waals surface area contributed by atoms with Gasteiger partial charge in [-0.05, 0) is 30.8 Å². The topological polar surface area (TPSA) is 0 Å². The highest BCUT2D eigenvalue weighted by molar-refractivity contribution is 7.57. The summed E-state index contributed by atoms with van der Waals surface area (Å²) in [6, 6.07) is 0. The molecule has 11 heavy (non-hydrogen) atoms. The lowest BCUT2D eigenvalue weighted by Gasteiger charge is -2.19. The van der Waals surface area contributed by atoms with Gasteiger partial charge in [-0.25, -0.2) is 0 Å². The molecule has 2 unspecified atom stereocenters. The summed E-state index contributed by atoms with van der Waals surface area (Å²) in [7, 11) is 0.262. The van der Waals surface area contributed by atoms with Crippen LogP contribution in [0.3, 0.4) is 0 Å². The fourth-order valence-electron chi connectivity index (χ4n) is 1.06. The van der Waals surface area contributed by atoms with Gasteiger partial charge >= 0.3 is 0 Å². The van der Waals surface area contributed by atoms with Gasteiger partial charge in [0.25, 0.3) is 0 Å². The van der Waals surface area contributed by atoms with E-state index in [1.807, 2.05) is 6.08 Å². The first-order valence-electron chi connectivity index (χ1n) is 4.39. The Morgan fingerprint density at radius 1 is 1.36 bits per heavy atom. The molecule has 0 aromatic heterocycles. The summed E-state index contributed by atoms with van der Waals surface area (Å²) in [5.74, 6) is 0.839. The maximum absolute atomic E-state index is 3.76.